The van der Waals surface area contributed by atoms with E-state index in [-0.39, 0.29) is 17.4 Å². The lowest BCUT2D eigenvalue weighted by Crippen LogP contribution is -2.43. The summed E-state index contributed by atoms with van der Waals surface area (Å²) >= 11 is 0. The molecule has 0 aromatic heterocycles. The summed E-state index contributed by atoms with van der Waals surface area (Å²) in [4.78, 5) is 30.4. The number of carbonyl (C=O) groups excluding carboxylic acids is 1. The summed E-state index contributed by atoms with van der Waals surface area (Å²) in [6, 6.07) is 4.57. The Labute approximate surface area is 184 Å². The van der Waals surface area contributed by atoms with Crippen LogP contribution in [0.15, 0.2) is 58.2 Å². The van der Waals surface area contributed by atoms with Gasteiger partial charge in [0.05, 0.1) is 18.5 Å². The number of nitrogens with one attached hydrogen (secondary N) is 1. The van der Waals surface area contributed by atoms with Crippen molar-refractivity contribution in [2.24, 2.45) is 16.6 Å². The molecule has 1 atom stereocenters. The lowest BCUT2D eigenvalue weighted by atomic mass is 10.0. The van der Waals surface area contributed by atoms with Crippen molar-refractivity contribution in [3.8, 4) is 5.75 Å². The van der Waals surface area contributed by atoms with Gasteiger partial charge >= 0.3 is 5.97 Å². The maximum absolute atomic E-state index is 12.0. The van der Waals surface area contributed by atoms with Crippen LogP contribution in [0.3, 0.4) is 0 Å². The Morgan fingerprint density at radius 2 is 2.19 bits per heavy atom. The molecular formula is C23H24N4O5. The molecule has 4 aliphatic rings. The van der Waals surface area contributed by atoms with Gasteiger partial charge in [-0.2, -0.15) is 0 Å². The van der Waals surface area contributed by atoms with Gasteiger partial charge in [0.2, 0.25) is 5.91 Å². The standard InChI is InChI=1S/C23H24N4O5/c1-31-18-5-4-13(8-15(18)23(29)30)22-25-9-16-17(26-19(21(24)28)12-2-3-12)11-32-10-14-6-7-27(22)20(14)16/h4-5,8-9,11-12,19,26H,2-3,6-7,10H2,1H3,(H2,24,28)(H,29,30). The number of nitrogens with two attached hydrogens (primary N) is 1. The molecule has 4 N–H and O–H groups in total. The van der Waals surface area contributed by atoms with Crippen molar-refractivity contribution in [1.82, 2.24) is 10.2 Å². The van der Waals surface area contributed by atoms with Crippen LogP contribution in [0.1, 0.15) is 35.2 Å². The van der Waals surface area contributed by atoms with Crippen molar-refractivity contribution < 1.29 is 24.2 Å². The van der Waals surface area contributed by atoms with E-state index in [2.05, 4.69) is 15.2 Å². The van der Waals surface area contributed by atoms with Crippen LogP contribution in [-0.2, 0) is 9.53 Å². The highest BCUT2D eigenvalue weighted by atomic mass is 16.5. The van der Waals surface area contributed by atoms with Gasteiger partial charge in [-0.05, 0) is 49.0 Å². The van der Waals surface area contributed by atoms with Crippen LogP contribution in [0.25, 0.3) is 0 Å². The first-order chi connectivity index (χ1) is 15.5. The van der Waals surface area contributed by atoms with Crippen LogP contribution < -0.4 is 15.8 Å². The first kappa shape index (κ1) is 20.2. The van der Waals surface area contributed by atoms with Gasteiger partial charge in [-0.15, -0.1) is 0 Å². The monoisotopic (exact) mass is 436 g/mol. The minimum Gasteiger partial charge on any atom is -0.496 e. The molecule has 9 heteroatoms. The van der Waals surface area contributed by atoms with Gasteiger partial charge in [-0.25, -0.2) is 9.79 Å². The highest BCUT2D eigenvalue weighted by Gasteiger charge is 2.39. The summed E-state index contributed by atoms with van der Waals surface area (Å²) in [6.07, 6.45) is 6.13. The van der Waals surface area contributed by atoms with Crippen molar-refractivity contribution in [3.63, 3.8) is 0 Å². The average Bonchev–Trinajstić information content (AvgIpc) is 3.56. The molecular weight excluding hydrogens is 412 g/mol. The van der Waals surface area contributed by atoms with Gasteiger partial charge in [0, 0.05) is 23.9 Å². The number of carboxylic acids is 1. The second-order valence-corrected chi connectivity index (χ2v) is 8.27. The number of carboxylic acid groups (broad SMARTS) is 1. The molecule has 1 aliphatic carbocycles. The number of benzene rings is 1. The van der Waals surface area contributed by atoms with Crippen molar-refractivity contribution in [3.05, 3.63) is 64.3 Å². The highest BCUT2D eigenvalue weighted by molar-refractivity contribution is 6.04. The number of amides is 1. The molecule has 1 unspecified atom stereocenters. The van der Waals surface area contributed by atoms with E-state index >= 15 is 0 Å². The average molecular weight is 436 g/mol. The van der Waals surface area contributed by atoms with Crippen LogP contribution in [0.5, 0.6) is 5.75 Å². The molecule has 166 valence electrons. The lowest BCUT2D eigenvalue weighted by Gasteiger charge is -2.30. The van der Waals surface area contributed by atoms with E-state index in [1.807, 2.05) is 0 Å². The first-order valence-electron chi connectivity index (χ1n) is 10.6. The van der Waals surface area contributed by atoms with Gasteiger partial charge in [0.1, 0.15) is 36.1 Å². The fourth-order valence-electron chi connectivity index (χ4n) is 4.47. The number of ether oxygens (including phenoxy) is 2. The molecule has 1 aromatic carbocycles. The Kier molecular flexibility index (Phi) is 4.88. The molecule has 5 rings (SSSR count). The number of amidine groups is 1. The molecule has 1 aromatic rings. The van der Waals surface area contributed by atoms with Gasteiger partial charge in [0.15, 0.2) is 0 Å². The third-order valence-corrected chi connectivity index (χ3v) is 6.22. The van der Waals surface area contributed by atoms with Crippen molar-refractivity contribution >= 4 is 17.7 Å². The fourth-order valence-corrected chi connectivity index (χ4v) is 4.47. The van der Waals surface area contributed by atoms with Crippen LogP contribution in [0.4, 0.5) is 0 Å². The van der Waals surface area contributed by atoms with Crippen LogP contribution in [0.2, 0.25) is 0 Å². The number of carbonyl (C=O) groups is 2. The zero-order chi connectivity index (χ0) is 22.4. The Bertz CT molecular complexity index is 1130. The Morgan fingerprint density at radius 3 is 2.88 bits per heavy atom. The largest absolute Gasteiger partial charge is 0.496 e. The van der Waals surface area contributed by atoms with Crippen molar-refractivity contribution in [1.29, 1.82) is 0 Å². The number of hydrogen-bond donors (Lipinski definition) is 3. The normalized spacial score (nSPS) is 20.3. The second-order valence-electron chi connectivity index (χ2n) is 8.27. The lowest BCUT2D eigenvalue weighted by molar-refractivity contribution is -0.120. The van der Waals surface area contributed by atoms with Gasteiger partial charge in [-0.1, -0.05) is 0 Å². The highest BCUT2D eigenvalue weighted by Crippen LogP contribution is 2.39. The predicted octanol–water partition coefficient (Wildman–Crippen LogP) is 1.72. The fraction of sp³-hybridized carbons (Fsp3) is 0.348. The summed E-state index contributed by atoms with van der Waals surface area (Å²) in [7, 11) is 1.44. The number of primary amides is 1. The summed E-state index contributed by atoms with van der Waals surface area (Å²) < 4.78 is 11.0. The summed E-state index contributed by atoms with van der Waals surface area (Å²) in [5.74, 6) is -0.242. The van der Waals surface area contributed by atoms with Gasteiger partial charge < -0.3 is 30.5 Å². The smallest absolute Gasteiger partial charge is 0.339 e. The second kappa shape index (κ2) is 7.74. The Hall–Kier alpha value is -3.75. The molecule has 9 nitrogen and oxygen atoms in total. The molecule has 1 saturated carbocycles. The van der Waals surface area contributed by atoms with E-state index in [0.29, 0.717) is 36.0 Å². The van der Waals surface area contributed by atoms with Gasteiger partial charge in [0.25, 0.3) is 0 Å². The number of hydrogen-bond acceptors (Lipinski definition) is 7. The number of aliphatic imine (C=N–C) groups is 1. The number of methoxy groups -OCH3 is 1. The quantitative estimate of drug-likeness (QED) is 0.594. The van der Waals surface area contributed by atoms with E-state index in [1.165, 1.54) is 7.11 Å². The number of nitrogens with zero attached hydrogens (tertiary/aromatic N) is 2. The molecule has 3 heterocycles. The molecule has 1 fully saturated rings. The molecule has 0 spiro atoms. The van der Waals surface area contributed by atoms with Crippen LogP contribution >= 0.6 is 0 Å². The minimum absolute atomic E-state index is 0.0797. The van der Waals surface area contributed by atoms with E-state index in [1.54, 1.807) is 30.7 Å². The molecule has 1 amide bonds. The zero-order valence-corrected chi connectivity index (χ0v) is 17.6. The summed E-state index contributed by atoms with van der Waals surface area (Å²) in [5, 5.41) is 12.9. The Balaban J connectivity index is 1.54. The van der Waals surface area contributed by atoms with Gasteiger partial charge in [-0.3, -0.25) is 4.79 Å². The van der Waals surface area contributed by atoms with Crippen molar-refractivity contribution in [2.45, 2.75) is 25.3 Å². The number of rotatable bonds is 7. The molecule has 0 radical (unpaired) electrons. The zero-order valence-electron chi connectivity index (χ0n) is 17.6. The van der Waals surface area contributed by atoms with E-state index < -0.39 is 12.0 Å². The maximum atomic E-state index is 12.0. The SMILES string of the molecule is COc1ccc(C2=NC=C3C(NC(C(N)=O)C4CC4)=COCC4=C3N2CC4)cc1C(=O)O. The summed E-state index contributed by atoms with van der Waals surface area (Å²) in [5.41, 5.74) is 10.0. The Morgan fingerprint density at radius 1 is 1.38 bits per heavy atom. The van der Waals surface area contributed by atoms with Crippen molar-refractivity contribution in [2.75, 3.05) is 20.3 Å². The first-order valence-corrected chi connectivity index (χ1v) is 10.6. The van der Waals surface area contributed by atoms with E-state index in [9.17, 15) is 14.7 Å². The third kappa shape index (κ3) is 3.39. The van der Waals surface area contributed by atoms with Crippen LogP contribution in [-0.4, -0.2) is 54.0 Å². The number of aromatic carboxylic acids is 1. The maximum Gasteiger partial charge on any atom is 0.339 e. The minimum atomic E-state index is -1.06. The topological polar surface area (TPSA) is 126 Å². The van der Waals surface area contributed by atoms with E-state index in [4.69, 9.17) is 15.2 Å². The molecule has 0 saturated heterocycles. The van der Waals surface area contributed by atoms with E-state index in [0.717, 1.165) is 36.1 Å². The molecule has 0 bridgehead atoms. The summed E-state index contributed by atoms with van der Waals surface area (Å²) in [6.45, 7) is 1.14. The third-order valence-electron chi connectivity index (χ3n) is 6.22. The van der Waals surface area contributed by atoms with Crippen LogP contribution in [0, 0.1) is 5.92 Å². The predicted molar refractivity (Wildman–Crippen MR) is 116 cm³/mol. The molecule has 3 aliphatic heterocycles. The molecule has 32 heavy (non-hydrogen) atoms.